The van der Waals surface area contributed by atoms with Gasteiger partial charge in [-0.25, -0.2) is 0 Å². The molecule has 0 atom stereocenters. The van der Waals surface area contributed by atoms with Crippen molar-refractivity contribution in [2.75, 3.05) is 5.32 Å². The van der Waals surface area contributed by atoms with Gasteiger partial charge in [0.1, 0.15) is 5.01 Å². The van der Waals surface area contributed by atoms with Gasteiger partial charge in [0.15, 0.2) is 0 Å². The molecule has 3 rings (SSSR count). The summed E-state index contributed by atoms with van der Waals surface area (Å²) in [5, 5.41) is 12.2. The van der Waals surface area contributed by atoms with Gasteiger partial charge >= 0.3 is 11.1 Å². The van der Waals surface area contributed by atoms with Crippen LogP contribution in [-0.2, 0) is 13.0 Å². The van der Waals surface area contributed by atoms with Crippen LogP contribution in [0.3, 0.4) is 0 Å². The molecule has 0 aliphatic rings. The SMILES string of the molecule is CCCCCc1nnc(NC(=O)c2ccc3c(c2)[nH]c(=O)c(=O)n3CC)s1. The van der Waals surface area contributed by atoms with Crippen molar-refractivity contribution in [3.8, 4) is 0 Å². The second-order valence-electron chi connectivity index (χ2n) is 6.15. The number of aromatic amines is 1. The number of nitrogens with one attached hydrogen (secondary N) is 2. The van der Waals surface area contributed by atoms with Gasteiger partial charge in [-0.2, -0.15) is 0 Å². The number of fused-ring (bicyclic) bond motifs is 1. The van der Waals surface area contributed by atoms with Crippen molar-refractivity contribution in [2.24, 2.45) is 0 Å². The Labute approximate surface area is 159 Å². The van der Waals surface area contributed by atoms with Crippen molar-refractivity contribution >= 4 is 33.4 Å². The van der Waals surface area contributed by atoms with Crippen molar-refractivity contribution in [3.63, 3.8) is 0 Å². The van der Waals surface area contributed by atoms with Crippen LogP contribution in [0.4, 0.5) is 5.13 Å². The van der Waals surface area contributed by atoms with Gasteiger partial charge in [0, 0.05) is 18.5 Å². The molecule has 0 aliphatic heterocycles. The largest absolute Gasteiger partial charge is 0.316 e. The Kier molecular flexibility index (Phi) is 5.80. The van der Waals surface area contributed by atoms with E-state index in [-0.39, 0.29) is 5.91 Å². The molecule has 142 valence electrons. The molecule has 1 amide bonds. The summed E-state index contributed by atoms with van der Waals surface area (Å²) >= 11 is 1.36. The van der Waals surface area contributed by atoms with Crippen molar-refractivity contribution in [3.05, 3.63) is 49.5 Å². The average molecular weight is 387 g/mol. The van der Waals surface area contributed by atoms with Crippen molar-refractivity contribution in [1.82, 2.24) is 19.7 Å². The molecule has 0 saturated heterocycles. The molecule has 8 nitrogen and oxygen atoms in total. The first-order valence-corrected chi connectivity index (χ1v) is 9.75. The van der Waals surface area contributed by atoms with Crippen molar-refractivity contribution < 1.29 is 4.79 Å². The molecule has 2 heterocycles. The number of hydrogen-bond donors (Lipinski definition) is 2. The molecular weight excluding hydrogens is 366 g/mol. The standard InChI is InChI=1S/C18H21N5O3S/c1-3-5-6-7-14-21-22-18(27-14)20-15(24)11-8-9-13-12(10-11)19-16(25)17(26)23(13)4-2/h8-10H,3-7H2,1-2H3,(H,19,25)(H,20,22,24). The first-order chi connectivity index (χ1) is 13.0. The Morgan fingerprint density at radius 1 is 1.22 bits per heavy atom. The zero-order valence-corrected chi connectivity index (χ0v) is 16.1. The summed E-state index contributed by atoms with van der Waals surface area (Å²) in [4.78, 5) is 38.7. The molecule has 27 heavy (non-hydrogen) atoms. The lowest BCUT2D eigenvalue weighted by Gasteiger charge is -2.08. The van der Waals surface area contributed by atoms with E-state index in [1.807, 2.05) is 0 Å². The van der Waals surface area contributed by atoms with Crippen LogP contribution in [0.25, 0.3) is 11.0 Å². The van der Waals surface area contributed by atoms with Gasteiger partial charge < -0.3 is 9.55 Å². The van der Waals surface area contributed by atoms with Crippen LogP contribution < -0.4 is 16.4 Å². The van der Waals surface area contributed by atoms with E-state index in [9.17, 15) is 14.4 Å². The van der Waals surface area contributed by atoms with Gasteiger partial charge in [-0.05, 0) is 31.5 Å². The Morgan fingerprint density at radius 3 is 2.78 bits per heavy atom. The molecule has 3 aromatic rings. The summed E-state index contributed by atoms with van der Waals surface area (Å²) < 4.78 is 1.38. The summed E-state index contributed by atoms with van der Waals surface area (Å²) in [7, 11) is 0. The minimum absolute atomic E-state index is 0.344. The topological polar surface area (TPSA) is 110 Å². The van der Waals surface area contributed by atoms with Gasteiger partial charge in [0.25, 0.3) is 5.91 Å². The predicted molar refractivity (Wildman–Crippen MR) is 106 cm³/mol. The van der Waals surface area contributed by atoms with E-state index >= 15 is 0 Å². The number of anilines is 1. The molecule has 0 spiro atoms. The Balaban J connectivity index is 1.81. The molecule has 1 aromatic carbocycles. The number of benzene rings is 1. The highest BCUT2D eigenvalue weighted by atomic mass is 32.1. The lowest BCUT2D eigenvalue weighted by atomic mass is 10.2. The van der Waals surface area contributed by atoms with Crippen molar-refractivity contribution in [2.45, 2.75) is 46.1 Å². The minimum atomic E-state index is -0.706. The summed E-state index contributed by atoms with van der Waals surface area (Å²) in [5.74, 6) is -0.344. The quantitative estimate of drug-likeness (QED) is 0.478. The van der Waals surface area contributed by atoms with Crippen LogP contribution in [0, 0.1) is 0 Å². The maximum absolute atomic E-state index is 12.5. The first-order valence-electron chi connectivity index (χ1n) is 8.94. The highest BCUT2D eigenvalue weighted by Crippen LogP contribution is 2.19. The molecule has 2 N–H and O–H groups in total. The number of aryl methyl sites for hydroxylation is 2. The van der Waals surface area contributed by atoms with Gasteiger partial charge in [-0.3, -0.25) is 19.7 Å². The minimum Gasteiger partial charge on any atom is -0.316 e. The van der Waals surface area contributed by atoms with Crippen LogP contribution in [0.15, 0.2) is 27.8 Å². The van der Waals surface area contributed by atoms with Crippen LogP contribution in [0.1, 0.15) is 48.5 Å². The maximum atomic E-state index is 12.5. The zero-order chi connectivity index (χ0) is 19.4. The van der Waals surface area contributed by atoms with E-state index < -0.39 is 11.1 Å². The molecule has 0 fully saturated rings. The second-order valence-corrected chi connectivity index (χ2v) is 7.21. The van der Waals surface area contributed by atoms with Crippen LogP contribution in [0.5, 0.6) is 0 Å². The fourth-order valence-electron chi connectivity index (χ4n) is 2.84. The van der Waals surface area contributed by atoms with Gasteiger partial charge in [0.05, 0.1) is 11.0 Å². The van der Waals surface area contributed by atoms with Gasteiger partial charge in [-0.15, -0.1) is 10.2 Å². The van der Waals surface area contributed by atoms with Crippen LogP contribution >= 0.6 is 11.3 Å². The van der Waals surface area contributed by atoms with Gasteiger partial charge in [0.2, 0.25) is 5.13 Å². The molecule has 0 aliphatic carbocycles. The van der Waals surface area contributed by atoms with E-state index in [0.717, 1.165) is 30.7 Å². The lowest BCUT2D eigenvalue weighted by Crippen LogP contribution is -2.36. The van der Waals surface area contributed by atoms with E-state index in [2.05, 4.69) is 27.4 Å². The summed E-state index contributed by atoms with van der Waals surface area (Å²) in [6, 6.07) is 4.83. The first kappa shape index (κ1) is 19.0. The third-order valence-electron chi connectivity index (χ3n) is 4.23. The lowest BCUT2D eigenvalue weighted by molar-refractivity contribution is 0.102. The summed E-state index contributed by atoms with van der Waals surface area (Å²) in [5.41, 5.74) is 0.0657. The molecule has 0 unspecified atom stereocenters. The van der Waals surface area contributed by atoms with E-state index in [1.165, 1.54) is 15.9 Å². The van der Waals surface area contributed by atoms with E-state index in [4.69, 9.17) is 0 Å². The van der Waals surface area contributed by atoms with E-state index in [0.29, 0.717) is 28.3 Å². The number of H-pyrrole nitrogens is 1. The predicted octanol–water partition coefficient (Wildman–Crippen LogP) is 2.55. The number of unbranched alkanes of at least 4 members (excludes halogenated alkanes) is 2. The Morgan fingerprint density at radius 2 is 2.04 bits per heavy atom. The zero-order valence-electron chi connectivity index (χ0n) is 15.2. The summed E-state index contributed by atoms with van der Waals surface area (Å²) in [6.45, 7) is 4.30. The molecular formula is C18H21N5O3S. The average Bonchev–Trinajstić information content (AvgIpc) is 3.10. The number of nitrogens with zero attached hydrogens (tertiary/aromatic N) is 3. The van der Waals surface area contributed by atoms with Gasteiger partial charge in [-0.1, -0.05) is 31.1 Å². The molecule has 0 saturated carbocycles. The van der Waals surface area contributed by atoms with Crippen molar-refractivity contribution in [1.29, 1.82) is 0 Å². The fourth-order valence-corrected chi connectivity index (χ4v) is 3.61. The number of hydrogen-bond acceptors (Lipinski definition) is 6. The molecule has 2 aromatic heterocycles. The van der Waals surface area contributed by atoms with E-state index in [1.54, 1.807) is 25.1 Å². The second kappa shape index (κ2) is 8.26. The maximum Gasteiger partial charge on any atom is 0.316 e. The fraction of sp³-hybridized carbons (Fsp3) is 0.389. The highest BCUT2D eigenvalue weighted by Gasteiger charge is 2.13. The Bertz CT molecular complexity index is 1080. The monoisotopic (exact) mass is 387 g/mol. The number of rotatable bonds is 7. The summed E-state index contributed by atoms with van der Waals surface area (Å²) in [6.07, 6.45) is 4.18. The normalized spacial score (nSPS) is 11.0. The number of aromatic nitrogens is 4. The Hall–Kier alpha value is -2.81. The number of amides is 1. The van der Waals surface area contributed by atoms with Crippen LogP contribution in [0.2, 0.25) is 0 Å². The molecule has 0 radical (unpaired) electrons. The number of carbonyl (C=O) groups is 1. The van der Waals surface area contributed by atoms with Crippen LogP contribution in [-0.4, -0.2) is 25.7 Å². The number of carbonyl (C=O) groups excluding carboxylic acids is 1. The third-order valence-corrected chi connectivity index (χ3v) is 5.13. The molecule has 0 bridgehead atoms. The smallest absolute Gasteiger partial charge is 0.316 e. The highest BCUT2D eigenvalue weighted by molar-refractivity contribution is 7.15. The third kappa shape index (κ3) is 4.13. The molecule has 9 heteroatoms.